The van der Waals surface area contributed by atoms with Crippen LogP contribution in [0.4, 0.5) is 0 Å². The van der Waals surface area contributed by atoms with Gasteiger partial charge in [-0.3, -0.25) is 0 Å². The van der Waals surface area contributed by atoms with Crippen LogP contribution in [0.15, 0.2) is 24.3 Å². The van der Waals surface area contributed by atoms with Gasteiger partial charge in [0, 0.05) is 38.3 Å². The van der Waals surface area contributed by atoms with Gasteiger partial charge in [-0.05, 0) is 31.2 Å². The molecule has 0 aliphatic rings. The van der Waals surface area contributed by atoms with Crippen molar-refractivity contribution in [1.82, 2.24) is 10.2 Å². The average Bonchev–Trinajstić information content (AvgIpc) is 2.38. The van der Waals surface area contributed by atoms with E-state index in [2.05, 4.69) is 29.4 Å². The maximum Gasteiger partial charge on any atom is 0.0587 e. The smallest absolute Gasteiger partial charge is 0.0587 e. The van der Waals surface area contributed by atoms with E-state index in [1.54, 1.807) is 7.11 Å². The predicted octanol–water partition coefficient (Wildman–Crippen LogP) is 2.05. The van der Waals surface area contributed by atoms with Crippen molar-refractivity contribution in [3.63, 3.8) is 0 Å². The summed E-state index contributed by atoms with van der Waals surface area (Å²) >= 11 is 5.86. The lowest BCUT2D eigenvalue weighted by molar-refractivity contribution is 0.198. The Labute approximate surface area is 115 Å². The Kier molecular flexibility index (Phi) is 8.01. The Balaban J connectivity index is 2.09. The Morgan fingerprint density at radius 1 is 1.17 bits per heavy atom. The molecule has 0 saturated heterocycles. The van der Waals surface area contributed by atoms with Gasteiger partial charge in [-0.1, -0.05) is 23.7 Å². The fourth-order valence-electron chi connectivity index (χ4n) is 1.65. The third-order valence-corrected chi connectivity index (χ3v) is 3.10. The zero-order valence-corrected chi connectivity index (χ0v) is 12.0. The number of likely N-dealkylation sites (N-methyl/N-ethyl adjacent to an activating group) is 1. The van der Waals surface area contributed by atoms with Crippen LogP contribution < -0.4 is 5.32 Å². The second-order valence-electron chi connectivity index (χ2n) is 4.42. The second kappa shape index (κ2) is 9.34. The monoisotopic (exact) mass is 270 g/mol. The van der Waals surface area contributed by atoms with Crippen molar-refractivity contribution in [2.75, 3.05) is 46.9 Å². The predicted molar refractivity (Wildman–Crippen MR) is 77.4 cm³/mol. The Morgan fingerprint density at radius 3 is 2.56 bits per heavy atom. The van der Waals surface area contributed by atoms with Gasteiger partial charge in [0.1, 0.15) is 0 Å². The normalized spacial score (nSPS) is 11.1. The number of benzene rings is 1. The van der Waals surface area contributed by atoms with Crippen LogP contribution in [-0.4, -0.2) is 51.8 Å². The SMILES string of the molecule is COCCNCCN(C)CCc1ccc(Cl)cc1. The maximum atomic E-state index is 5.86. The Morgan fingerprint density at radius 2 is 1.89 bits per heavy atom. The number of nitrogens with one attached hydrogen (secondary N) is 1. The van der Waals surface area contributed by atoms with Crippen molar-refractivity contribution in [2.24, 2.45) is 0 Å². The van der Waals surface area contributed by atoms with Crippen LogP contribution in [-0.2, 0) is 11.2 Å². The fourth-order valence-corrected chi connectivity index (χ4v) is 1.78. The zero-order chi connectivity index (χ0) is 13.2. The van der Waals surface area contributed by atoms with E-state index in [0.29, 0.717) is 0 Å². The minimum Gasteiger partial charge on any atom is -0.383 e. The highest BCUT2D eigenvalue weighted by atomic mass is 35.5. The van der Waals surface area contributed by atoms with Gasteiger partial charge in [0.25, 0.3) is 0 Å². The van der Waals surface area contributed by atoms with Crippen LogP contribution in [0.5, 0.6) is 0 Å². The molecule has 18 heavy (non-hydrogen) atoms. The topological polar surface area (TPSA) is 24.5 Å². The lowest BCUT2D eigenvalue weighted by atomic mass is 10.1. The van der Waals surface area contributed by atoms with E-state index in [-0.39, 0.29) is 0 Å². The van der Waals surface area contributed by atoms with Gasteiger partial charge < -0.3 is 15.0 Å². The number of ether oxygens (including phenoxy) is 1. The molecule has 1 rings (SSSR count). The van der Waals surface area contributed by atoms with Gasteiger partial charge in [0.15, 0.2) is 0 Å². The molecule has 1 N–H and O–H groups in total. The van der Waals surface area contributed by atoms with Gasteiger partial charge >= 0.3 is 0 Å². The molecule has 0 aromatic heterocycles. The molecule has 1 aromatic carbocycles. The van der Waals surface area contributed by atoms with E-state index >= 15 is 0 Å². The number of methoxy groups -OCH3 is 1. The lowest BCUT2D eigenvalue weighted by Crippen LogP contribution is -2.32. The third-order valence-electron chi connectivity index (χ3n) is 2.85. The number of halogens is 1. The number of nitrogens with zero attached hydrogens (tertiary/aromatic N) is 1. The molecule has 1 aromatic rings. The summed E-state index contributed by atoms with van der Waals surface area (Å²) in [5, 5.41) is 4.14. The third kappa shape index (κ3) is 6.97. The molecule has 0 spiro atoms. The summed E-state index contributed by atoms with van der Waals surface area (Å²) in [6, 6.07) is 8.08. The van der Waals surface area contributed by atoms with Crippen LogP contribution in [0, 0.1) is 0 Å². The van der Waals surface area contributed by atoms with Crippen molar-refractivity contribution < 1.29 is 4.74 Å². The molecule has 0 heterocycles. The van der Waals surface area contributed by atoms with Gasteiger partial charge in [-0.2, -0.15) is 0 Å². The summed E-state index contributed by atoms with van der Waals surface area (Å²) in [4.78, 5) is 2.33. The minimum absolute atomic E-state index is 0.772. The molecular weight excluding hydrogens is 248 g/mol. The second-order valence-corrected chi connectivity index (χ2v) is 4.86. The molecule has 102 valence electrons. The highest BCUT2D eigenvalue weighted by Gasteiger charge is 1.99. The summed E-state index contributed by atoms with van der Waals surface area (Å²) < 4.78 is 4.98. The molecule has 0 aliphatic carbocycles. The van der Waals surface area contributed by atoms with E-state index in [0.717, 1.165) is 44.2 Å². The maximum absolute atomic E-state index is 5.86. The zero-order valence-electron chi connectivity index (χ0n) is 11.3. The van der Waals surface area contributed by atoms with Crippen molar-refractivity contribution in [1.29, 1.82) is 0 Å². The standard InChI is InChI=1S/C14H23ClN2O/c1-17(11-8-16-9-12-18-2)10-7-13-3-5-14(15)6-4-13/h3-6,16H,7-12H2,1-2H3. The van der Waals surface area contributed by atoms with Gasteiger partial charge in [-0.15, -0.1) is 0 Å². The van der Waals surface area contributed by atoms with Crippen LogP contribution in [0.3, 0.4) is 0 Å². The van der Waals surface area contributed by atoms with Crippen LogP contribution in [0.1, 0.15) is 5.56 Å². The summed E-state index contributed by atoms with van der Waals surface area (Å²) in [6.07, 6.45) is 1.06. The summed E-state index contributed by atoms with van der Waals surface area (Å²) in [7, 11) is 3.87. The van der Waals surface area contributed by atoms with E-state index in [9.17, 15) is 0 Å². The molecule has 0 unspecified atom stereocenters. The molecule has 0 atom stereocenters. The fraction of sp³-hybridized carbons (Fsp3) is 0.571. The van der Waals surface area contributed by atoms with Crippen molar-refractivity contribution in [2.45, 2.75) is 6.42 Å². The highest BCUT2D eigenvalue weighted by molar-refractivity contribution is 6.30. The molecular formula is C14H23ClN2O. The van der Waals surface area contributed by atoms with Gasteiger partial charge in [0.05, 0.1) is 6.61 Å². The van der Waals surface area contributed by atoms with E-state index in [1.165, 1.54) is 5.56 Å². The van der Waals surface area contributed by atoms with E-state index in [1.807, 2.05) is 12.1 Å². The van der Waals surface area contributed by atoms with Crippen molar-refractivity contribution >= 4 is 11.6 Å². The molecule has 0 bridgehead atoms. The first-order chi connectivity index (χ1) is 8.72. The first kappa shape index (κ1) is 15.4. The average molecular weight is 271 g/mol. The molecule has 0 fully saturated rings. The molecule has 3 nitrogen and oxygen atoms in total. The highest BCUT2D eigenvalue weighted by Crippen LogP contribution is 2.09. The van der Waals surface area contributed by atoms with E-state index < -0.39 is 0 Å². The molecule has 0 amide bonds. The number of hydrogen-bond donors (Lipinski definition) is 1. The minimum atomic E-state index is 0.772. The van der Waals surface area contributed by atoms with Gasteiger partial charge in [-0.25, -0.2) is 0 Å². The first-order valence-electron chi connectivity index (χ1n) is 6.35. The first-order valence-corrected chi connectivity index (χ1v) is 6.73. The Hall–Kier alpha value is -0.610. The molecule has 0 saturated carbocycles. The van der Waals surface area contributed by atoms with Crippen LogP contribution >= 0.6 is 11.6 Å². The van der Waals surface area contributed by atoms with E-state index in [4.69, 9.17) is 16.3 Å². The Bertz CT molecular complexity index is 316. The lowest BCUT2D eigenvalue weighted by Gasteiger charge is -2.16. The van der Waals surface area contributed by atoms with Crippen molar-refractivity contribution in [3.05, 3.63) is 34.9 Å². The largest absolute Gasteiger partial charge is 0.383 e. The molecule has 4 heteroatoms. The van der Waals surface area contributed by atoms with Crippen LogP contribution in [0.25, 0.3) is 0 Å². The summed E-state index contributed by atoms with van der Waals surface area (Å²) in [5.74, 6) is 0. The molecule has 0 aliphatic heterocycles. The summed E-state index contributed by atoms with van der Waals surface area (Å²) in [6.45, 7) is 4.81. The van der Waals surface area contributed by atoms with Crippen LogP contribution in [0.2, 0.25) is 5.02 Å². The number of hydrogen-bond acceptors (Lipinski definition) is 3. The van der Waals surface area contributed by atoms with Gasteiger partial charge in [0.2, 0.25) is 0 Å². The van der Waals surface area contributed by atoms with Crippen molar-refractivity contribution in [3.8, 4) is 0 Å². The summed E-state index contributed by atoms with van der Waals surface area (Å²) in [5.41, 5.74) is 1.33. The quantitative estimate of drug-likeness (QED) is 0.695. The number of rotatable bonds is 9. The molecule has 0 radical (unpaired) electrons.